The third-order valence-electron chi connectivity index (χ3n) is 2.88. The van der Waals surface area contributed by atoms with Crippen molar-refractivity contribution in [2.24, 2.45) is 0 Å². The van der Waals surface area contributed by atoms with Crippen LogP contribution >= 0.6 is 23.2 Å². The van der Waals surface area contributed by atoms with Gasteiger partial charge in [0, 0.05) is 23.9 Å². The van der Waals surface area contributed by atoms with Crippen LogP contribution < -0.4 is 5.32 Å². The van der Waals surface area contributed by atoms with Crippen molar-refractivity contribution in [2.45, 2.75) is 13.0 Å². The highest BCUT2D eigenvalue weighted by molar-refractivity contribution is 6.42. The Morgan fingerprint density at radius 1 is 1.15 bits per heavy atom. The van der Waals surface area contributed by atoms with Gasteiger partial charge < -0.3 is 5.32 Å². The maximum Gasteiger partial charge on any atom is 0.269 e. The van der Waals surface area contributed by atoms with Crippen LogP contribution in [0.1, 0.15) is 18.5 Å². The van der Waals surface area contributed by atoms with Crippen LogP contribution in [0.4, 0.5) is 11.4 Å². The van der Waals surface area contributed by atoms with E-state index in [1.54, 1.807) is 24.3 Å². The van der Waals surface area contributed by atoms with Crippen LogP contribution in [-0.2, 0) is 0 Å². The van der Waals surface area contributed by atoms with Gasteiger partial charge in [-0.15, -0.1) is 0 Å². The van der Waals surface area contributed by atoms with Gasteiger partial charge >= 0.3 is 0 Å². The molecule has 0 saturated carbocycles. The number of nitro benzene ring substituents is 1. The van der Waals surface area contributed by atoms with Crippen molar-refractivity contribution >= 4 is 34.6 Å². The molecule has 0 radical (unpaired) electrons. The molecule has 1 unspecified atom stereocenters. The third-order valence-corrected chi connectivity index (χ3v) is 3.62. The Bertz CT molecular complexity index is 647. The second kappa shape index (κ2) is 6.11. The smallest absolute Gasteiger partial charge is 0.269 e. The van der Waals surface area contributed by atoms with Gasteiger partial charge in [0.25, 0.3) is 5.69 Å². The van der Waals surface area contributed by atoms with Crippen LogP contribution in [0.15, 0.2) is 42.5 Å². The quantitative estimate of drug-likeness (QED) is 0.633. The number of benzene rings is 2. The fourth-order valence-corrected chi connectivity index (χ4v) is 2.13. The average molecular weight is 311 g/mol. The fourth-order valence-electron chi connectivity index (χ4n) is 1.83. The van der Waals surface area contributed by atoms with E-state index in [1.165, 1.54) is 6.07 Å². The molecular weight excluding hydrogens is 299 g/mol. The Morgan fingerprint density at radius 2 is 1.90 bits per heavy atom. The van der Waals surface area contributed by atoms with E-state index in [2.05, 4.69) is 5.32 Å². The van der Waals surface area contributed by atoms with Gasteiger partial charge in [-0.1, -0.05) is 35.3 Å². The molecule has 1 N–H and O–H groups in total. The monoisotopic (exact) mass is 310 g/mol. The van der Waals surface area contributed by atoms with Crippen molar-refractivity contribution < 1.29 is 4.92 Å². The molecule has 0 fully saturated rings. The van der Waals surface area contributed by atoms with Crippen LogP contribution in [0.2, 0.25) is 10.0 Å². The summed E-state index contributed by atoms with van der Waals surface area (Å²) in [6, 6.07) is 11.7. The molecule has 0 heterocycles. The van der Waals surface area contributed by atoms with Crippen LogP contribution in [0.3, 0.4) is 0 Å². The van der Waals surface area contributed by atoms with Crippen molar-refractivity contribution in [1.29, 1.82) is 0 Å². The summed E-state index contributed by atoms with van der Waals surface area (Å²) in [6.07, 6.45) is 0. The fraction of sp³-hybridized carbons (Fsp3) is 0.143. The standard InChI is InChI=1S/C14H12Cl2N2O2/c1-9(10-3-2-4-12(7-10)18(19)20)17-11-5-6-13(15)14(16)8-11/h2-9,17H,1H3. The Labute approximate surface area is 126 Å². The Kier molecular flexibility index (Phi) is 4.47. The normalized spacial score (nSPS) is 11.9. The summed E-state index contributed by atoms with van der Waals surface area (Å²) in [5.41, 5.74) is 1.70. The van der Waals surface area contributed by atoms with Crippen molar-refractivity contribution in [3.63, 3.8) is 0 Å². The van der Waals surface area contributed by atoms with Crippen LogP contribution in [0.25, 0.3) is 0 Å². The van der Waals surface area contributed by atoms with Gasteiger partial charge in [-0.3, -0.25) is 10.1 Å². The first kappa shape index (κ1) is 14.6. The van der Waals surface area contributed by atoms with Gasteiger partial charge in [-0.05, 0) is 30.7 Å². The molecule has 1 atom stereocenters. The topological polar surface area (TPSA) is 55.2 Å². The van der Waals surface area contributed by atoms with E-state index >= 15 is 0 Å². The SMILES string of the molecule is CC(Nc1ccc(Cl)c(Cl)c1)c1cccc([N+](=O)[O-])c1. The first-order chi connectivity index (χ1) is 9.47. The number of hydrogen-bond acceptors (Lipinski definition) is 3. The van der Waals surface area contributed by atoms with Crippen LogP contribution in [-0.4, -0.2) is 4.92 Å². The predicted molar refractivity (Wildman–Crippen MR) is 81.6 cm³/mol. The number of nitro groups is 1. The van der Waals surface area contributed by atoms with E-state index in [9.17, 15) is 10.1 Å². The largest absolute Gasteiger partial charge is 0.378 e. The molecule has 0 aliphatic carbocycles. The lowest BCUT2D eigenvalue weighted by atomic mass is 10.1. The predicted octanol–water partition coefficient (Wildman–Crippen LogP) is 5.07. The molecule has 6 heteroatoms. The lowest BCUT2D eigenvalue weighted by Gasteiger charge is -2.16. The van der Waals surface area contributed by atoms with Gasteiger partial charge in [0.2, 0.25) is 0 Å². The third kappa shape index (κ3) is 3.40. The minimum atomic E-state index is -0.407. The highest BCUT2D eigenvalue weighted by Gasteiger charge is 2.11. The Hall–Kier alpha value is -1.78. The summed E-state index contributed by atoms with van der Waals surface area (Å²) >= 11 is 11.8. The maximum atomic E-state index is 10.8. The zero-order chi connectivity index (χ0) is 14.7. The molecule has 2 aromatic rings. The minimum Gasteiger partial charge on any atom is -0.378 e. The van der Waals surface area contributed by atoms with Crippen molar-refractivity contribution in [3.05, 3.63) is 68.2 Å². The van der Waals surface area contributed by atoms with Gasteiger partial charge in [0.15, 0.2) is 0 Å². The molecule has 2 aromatic carbocycles. The highest BCUT2D eigenvalue weighted by atomic mass is 35.5. The molecular formula is C14H12Cl2N2O2. The Balaban J connectivity index is 2.19. The molecule has 0 amide bonds. The summed E-state index contributed by atoms with van der Waals surface area (Å²) in [4.78, 5) is 10.4. The van der Waals surface area contributed by atoms with Gasteiger partial charge in [-0.25, -0.2) is 0 Å². The van der Waals surface area contributed by atoms with E-state index < -0.39 is 4.92 Å². The summed E-state index contributed by atoms with van der Waals surface area (Å²) in [7, 11) is 0. The van der Waals surface area contributed by atoms with E-state index in [0.29, 0.717) is 10.0 Å². The first-order valence-electron chi connectivity index (χ1n) is 5.93. The molecule has 2 rings (SSSR count). The van der Waals surface area contributed by atoms with E-state index in [-0.39, 0.29) is 11.7 Å². The number of anilines is 1. The number of rotatable bonds is 4. The van der Waals surface area contributed by atoms with Crippen LogP contribution in [0, 0.1) is 10.1 Å². The van der Waals surface area contributed by atoms with Crippen LogP contribution in [0.5, 0.6) is 0 Å². The first-order valence-corrected chi connectivity index (χ1v) is 6.69. The summed E-state index contributed by atoms with van der Waals surface area (Å²) in [5, 5.41) is 14.9. The highest BCUT2D eigenvalue weighted by Crippen LogP contribution is 2.28. The van der Waals surface area contributed by atoms with E-state index in [0.717, 1.165) is 11.3 Å². The van der Waals surface area contributed by atoms with Crippen molar-refractivity contribution in [1.82, 2.24) is 0 Å². The number of nitrogens with one attached hydrogen (secondary N) is 1. The molecule has 104 valence electrons. The molecule has 0 aromatic heterocycles. The molecule has 0 aliphatic heterocycles. The van der Waals surface area contributed by atoms with Gasteiger partial charge in [-0.2, -0.15) is 0 Å². The zero-order valence-corrected chi connectivity index (χ0v) is 12.2. The molecule has 4 nitrogen and oxygen atoms in total. The van der Waals surface area contributed by atoms with Gasteiger partial charge in [0.05, 0.1) is 15.0 Å². The number of non-ortho nitro benzene ring substituents is 1. The second-order valence-electron chi connectivity index (χ2n) is 4.35. The van der Waals surface area contributed by atoms with Crippen molar-refractivity contribution in [2.75, 3.05) is 5.32 Å². The van der Waals surface area contributed by atoms with E-state index in [4.69, 9.17) is 23.2 Å². The number of hydrogen-bond donors (Lipinski definition) is 1. The summed E-state index contributed by atoms with van der Waals surface area (Å²) < 4.78 is 0. The Morgan fingerprint density at radius 3 is 2.55 bits per heavy atom. The second-order valence-corrected chi connectivity index (χ2v) is 5.16. The lowest BCUT2D eigenvalue weighted by Crippen LogP contribution is -2.06. The summed E-state index contributed by atoms with van der Waals surface area (Å²) in [6.45, 7) is 1.92. The molecule has 0 spiro atoms. The number of halogens is 2. The molecule has 20 heavy (non-hydrogen) atoms. The molecule has 0 saturated heterocycles. The summed E-state index contributed by atoms with van der Waals surface area (Å²) in [5.74, 6) is 0. The zero-order valence-electron chi connectivity index (χ0n) is 10.6. The maximum absolute atomic E-state index is 10.8. The number of nitrogens with zero attached hydrogens (tertiary/aromatic N) is 1. The van der Waals surface area contributed by atoms with Gasteiger partial charge in [0.1, 0.15) is 0 Å². The van der Waals surface area contributed by atoms with Crippen molar-refractivity contribution in [3.8, 4) is 0 Å². The minimum absolute atomic E-state index is 0.0743. The molecule has 0 aliphatic rings. The lowest BCUT2D eigenvalue weighted by molar-refractivity contribution is -0.384. The average Bonchev–Trinajstić information content (AvgIpc) is 2.43. The van der Waals surface area contributed by atoms with E-state index in [1.807, 2.05) is 19.1 Å². The molecule has 0 bridgehead atoms.